The predicted octanol–water partition coefficient (Wildman–Crippen LogP) is 3.61. The van der Waals surface area contributed by atoms with E-state index in [0.717, 1.165) is 29.8 Å². The molecule has 0 radical (unpaired) electrons. The van der Waals surface area contributed by atoms with E-state index in [1.54, 1.807) is 24.3 Å². The van der Waals surface area contributed by atoms with Crippen LogP contribution in [0, 0.1) is 0 Å². The number of benzene rings is 2. The van der Waals surface area contributed by atoms with Gasteiger partial charge in [-0.3, -0.25) is 9.59 Å². The smallest absolute Gasteiger partial charge is 0.344 e. The molecule has 0 aliphatic rings. The second-order valence-corrected chi connectivity index (χ2v) is 5.27. The lowest BCUT2D eigenvalue weighted by molar-refractivity contribution is -0.137. The van der Waals surface area contributed by atoms with Crippen LogP contribution in [0.2, 0.25) is 5.02 Å². The highest BCUT2D eigenvalue weighted by molar-refractivity contribution is 6.39. The van der Waals surface area contributed by atoms with Crippen LogP contribution >= 0.6 is 11.6 Å². The number of hydrogen-bond acceptors (Lipinski definition) is 2. The summed E-state index contributed by atoms with van der Waals surface area (Å²) >= 11 is 5.73. The molecule has 8 heteroatoms. The first kappa shape index (κ1) is 17.8. The highest BCUT2D eigenvalue weighted by Crippen LogP contribution is 2.29. The van der Waals surface area contributed by atoms with Gasteiger partial charge in [-0.2, -0.15) is 13.2 Å². The monoisotopic (exact) mass is 356 g/mol. The normalized spacial score (nSPS) is 11.0. The number of anilines is 1. The molecule has 0 atom stereocenters. The first-order valence-electron chi connectivity index (χ1n) is 6.76. The number of carbonyl (C=O) groups is 2. The number of nitrogens with one attached hydrogen (secondary N) is 2. The predicted molar refractivity (Wildman–Crippen MR) is 83.4 cm³/mol. The summed E-state index contributed by atoms with van der Waals surface area (Å²) in [7, 11) is 0. The van der Waals surface area contributed by atoms with Crippen molar-refractivity contribution in [3.63, 3.8) is 0 Å². The van der Waals surface area contributed by atoms with Crippen molar-refractivity contribution in [3.05, 3.63) is 64.7 Å². The standard InChI is InChI=1S/C16H12ClF3N2O2/c17-12-5-1-10(2-6-12)9-21-14(23)15(24)22-13-7-3-11(4-8-13)16(18,19)20/h1-8H,9H2,(H,21,23)(H,22,24). The molecule has 0 unspecified atom stereocenters. The van der Waals surface area contributed by atoms with Crippen LogP contribution in [0.3, 0.4) is 0 Å². The zero-order valence-corrected chi connectivity index (χ0v) is 12.9. The third-order valence-corrected chi connectivity index (χ3v) is 3.29. The van der Waals surface area contributed by atoms with Crippen molar-refractivity contribution in [1.29, 1.82) is 0 Å². The molecule has 0 fully saturated rings. The number of rotatable bonds is 3. The summed E-state index contributed by atoms with van der Waals surface area (Å²) in [5, 5.41) is 5.17. The Labute approximate surface area is 140 Å². The van der Waals surface area contributed by atoms with Crippen molar-refractivity contribution in [2.24, 2.45) is 0 Å². The van der Waals surface area contributed by atoms with Gasteiger partial charge in [0.15, 0.2) is 0 Å². The summed E-state index contributed by atoms with van der Waals surface area (Å²) in [4.78, 5) is 23.4. The van der Waals surface area contributed by atoms with E-state index < -0.39 is 23.6 Å². The molecule has 0 aromatic heterocycles. The SMILES string of the molecule is O=C(NCc1ccc(Cl)cc1)C(=O)Nc1ccc(C(F)(F)F)cc1. The van der Waals surface area contributed by atoms with Gasteiger partial charge in [0, 0.05) is 17.3 Å². The van der Waals surface area contributed by atoms with Gasteiger partial charge in [0.05, 0.1) is 5.56 Å². The fourth-order valence-electron chi connectivity index (χ4n) is 1.80. The van der Waals surface area contributed by atoms with E-state index in [1.807, 2.05) is 0 Å². The van der Waals surface area contributed by atoms with E-state index in [9.17, 15) is 22.8 Å². The summed E-state index contributed by atoms with van der Waals surface area (Å²) in [6.07, 6.45) is -4.46. The molecule has 2 aromatic carbocycles. The molecular weight excluding hydrogens is 345 g/mol. The molecule has 0 saturated heterocycles. The molecule has 2 rings (SSSR count). The Morgan fingerprint density at radius 2 is 1.50 bits per heavy atom. The maximum atomic E-state index is 12.4. The van der Waals surface area contributed by atoms with Crippen LogP contribution in [0.1, 0.15) is 11.1 Å². The van der Waals surface area contributed by atoms with Gasteiger partial charge in [0.1, 0.15) is 0 Å². The van der Waals surface area contributed by atoms with E-state index in [-0.39, 0.29) is 12.2 Å². The Bertz CT molecular complexity index is 728. The Hall–Kier alpha value is -2.54. The zero-order chi connectivity index (χ0) is 17.7. The van der Waals surface area contributed by atoms with E-state index in [1.165, 1.54) is 0 Å². The number of hydrogen-bond donors (Lipinski definition) is 2. The van der Waals surface area contributed by atoms with Gasteiger partial charge in [-0.25, -0.2) is 0 Å². The van der Waals surface area contributed by atoms with Crippen molar-refractivity contribution in [2.45, 2.75) is 12.7 Å². The molecule has 0 spiro atoms. The Morgan fingerprint density at radius 1 is 0.917 bits per heavy atom. The molecule has 0 bridgehead atoms. The maximum Gasteiger partial charge on any atom is 0.416 e. The molecule has 0 aliphatic carbocycles. The summed E-state index contributed by atoms with van der Waals surface area (Å²) in [5.41, 5.74) is -0.00240. The second kappa shape index (κ2) is 7.35. The van der Waals surface area contributed by atoms with Crippen LogP contribution in [-0.4, -0.2) is 11.8 Å². The van der Waals surface area contributed by atoms with Gasteiger partial charge in [-0.1, -0.05) is 23.7 Å². The molecule has 0 saturated carbocycles. The van der Waals surface area contributed by atoms with E-state index in [4.69, 9.17) is 11.6 Å². The van der Waals surface area contributed by atoms with Crippen molar-refractivity contribution in [3.8, 4) is 0 Å². The summed E-state index contributed by atoms with van der Waals surface area (Å²) in [6, 6.07) is 10.5. The Balaban J connectivity index is 1.89. The van der Waals surface area contributed by atoms with Crippen molar-refractivity contribution >= 4 is 29.1 Å². The van der Waals surface area contributed by atoms with E-state index in [2.05, 4.69) is 10.6 Å². The molecule has 0 heterocycles. The topological polar surface area (TPSA) is 58.2 Å². The lowest BCUT2D eigenvalue weighted by Gasteiger charge is -2.09. The lowest BCUT2D eigenvalue weighted by Crippen LogP contribution is -2.34. The first-order valence-corrected chi connectivity index (χ1v) is 7.14. The zero-order valence-electron chi connectivity index (χ0n) is 12.2. The molecule has 0 aliphatic heterocycles. The number of alkyl halides is 3. The summed E-state index contributed by atoms with van der Waals surface area (Å²) < 4.78 is 37.3. The van der Waals surface area contributed by atoms with Gasteiger partial charge < -0.3 is 10.6 Å². The maximum absolute atomic E-state index is 12.4. The second-order valence-electron chi connectivity index (χ2n) is 4.84. The molecular formula is C16H12ClF3N2O2. The van der Waals surface area contributed by atoms with Crippen LogP contribution in [0.4, 0.5) is 18.9 Å². The number of halogens is 4. The van der Waals surface area contributed by atoms with Crippen LogP contribution < -0.4 is 10.6 Å². The van der Waals surface area contributed by atoms with Gasteiger partial charge in [-0.05, 0) is 42.0 Å². The van der Waals surface area contributed by atoms with Gasteiger partial charge >= 0.3 is 18.0 Å². The first-order chi connectivity index (χ1) is 11.3. The summed E-state index contributed by atoms with van der Waals surface area (Å²) in [6.45, 7) is 0.121. The quantitative estimate of drug-likeness (QED) is 0.825. The Kier molecular flexibility index (Phi) is 5.46. The molecule has 2 aromatic rings. The highest BCUT2D eigenvalue weighted by atomic mass is 35.5. The van der Waals surface area contributed by atoms with Crippen LogP contribution in [0.25, 0.3) is 0 Å². The fraction of sp³-hybridized carbons (Fsp3) is 0.125. The summed E-state index contributed by atoms with van der Waals surface area (Å²) in [5.74, 6) is -1.87. The molecule has 2 N–H and O–H groups in total. The van der Waals surface area contributed by atoms with Gasteiger partial charge in [0.2, 0.25) is 0 Å². The molecule has 24 heavy (non-hydrogen) atoms. The third kappa shape index (κ3) is 4.99. The van der Waals surface area contributed by atoms with Gasteiger partial charge in [-0.15, -0.1) is 0 Å². The number of carbonyl (C=O) groups excluding carboxylic acids is 2. The van der Waals surface area contributed by atoms with E-state index >= 15 is 0 Å². The molecule has 2 amide bonds. The lowest BCUT2D eigenvalue weighted by atomic mass is 10.2. The fourth-order valence-corrected chi connectivity index (χ4v) is 1.92. The minimum atomic E-state index is -4.46. The van der Waals surface area contributed by atoms with Crippen LogP contribution in [0.15, 0.2) is 48.5 Å². The van der Waals surface area contributed by atoms with Crippen LogP contribution in [0.5, 0.6) is 0 Å². The Morgan fingerprint density at radius 3 is 2.04 bits per heavy atom. The molecule has 126 valence electrons. The minimum Gasteiger partial charge on any atom is -0.344 e. The minimum absolute atomic E-state index is 0.0923. The average Bonchev–Trinajstić information content (AvgIpc) is 2.53. The van der Waals surface area contributed by atoms with Crippen molar-refractivity contribution in [2.75, 3.05) is 5.32 Å². The van der Waals surface area contributed by atoms with Crippen molar-refractivity contribution in [1.82, 2.24) is 5.32 Å². The average molecular weight is 357 g/mol. The molecule has 4 nitrogen and oxygen atoms in total. The largest absolute Gasteiger partial charge is 0.416 e. The highest BCUT2D eigenvalue weighted by Gasteiger charge is 2.30. The van der Waals surface area contributed by atoms with Gasteiger partial charge in [0.25, 0.3) is 0 Å². The third-order valence-electron chi connectivity index (χ3n) is 3.04. The van der Waals surface area contributed by atoms with Crippen molar-refractivity contribution < 1.29 is 22.8 Å². The van der Waals surface area contributed by atoms with E-state index in [0.29, 0.717) is 5.02 Å². The van der Waals surface area contributed by atoms with Crippen LogP contribution in [-0.2, 0) is 22.3 Å². The number of amides is 2.